The van der Waals surface area contributed by atoms with Gasteiger partial charge >= 0.3 is 6.18 Å². The van der Waals surface area contributed by atoms with Gasteiger partial charge in [-0.25, -0.2) is 4.98 Å². The first-order valence-electron chi connectivity index (χ1n) is 7.59. The molecular formula is C18H15BrF3N2OS-. The third kappa shape index (κ3) is 4.98. The summed E-state index contributed by atoms with van der Waals surface area (Å²) in [6.07, 6.45) is -4.37. The van der Waals surface area contributed by atoms with Crippen LogP contribution in [0.5, 0.6) is 5.75 Å². The van der Waals surface area contributed by atoms with E-state index in [-0.39, 0.29) is 17.0 Å². The van der Waals surface area contributed by atoms with E-state index < -0.39 is 11.7 Å². The number of nitrogens with zero attached hydrogens (tertiary/aromatic N) is 1. The van der Waals surface area contributed by atoms with Crippen molar-refractivity contribution < 1.29 is 34.9 Å². The summed E-state index contributed by atoms with van der Waals surface area (Å²) in [6, 6.07) is 12.6. The minimum absolute atomic E-state index is 0. The molecule has 0 unspecified atom stereocenters. The van der Waals surface area contributed by atoms with Crippen LogP contribution in [0.1, 0.15) is 12.5 Å². The van der Waals surface area contributed by atoms with Gasteiger partial charge in [-0.2, -0.15) is 13.2 Å². The van der Waals surface area contributed by atoms with Crippen LogP contribution in [0.2, 0.25) is 0 Å². The first-order chi connectivity index (χ1) is 12.0. The number of ether oxygens (including phenoxy) is 1. The number of alkyl halides is 3. The summed E-state index contributed by atoms with van der Waals surface area (Å²) in [5.41, 5.74) is 1.32. The largest absolute Gasteiger partial charge is 1.00 e. The van der Waals surface area contributed by atoms with Crippen molar-refractivity contribution in [2.24, 2.45) is 0 Å². The average molecular weight is 444 g/mol. The maximum absolute atomic E-state index is 12.8. The Labute approximate surface area is 163 Å². The summed E-state index contributed by atoms with van der Waals surface area (Å²) in [4.78, 5) is 4.43. The maximum Gasteiger partial charge on any atom is 0.416 e. The zero-order valence-corrected chi connectivity index (χ0v) is 16.1. The van der Waals surface area contributed by atoms with Crippen LogP contribution in [0, 0.1) is 0 Å². The number of aromatic nitrogens is 1. The molecule has 0 amide bonds. The Kier molecular flexibility index (Phi) is 6.66. The van der Waals surface area contributed by atoms with Crippen molar-refractivity contribution in [3.63, 3.8) is 0 Å². The number of hydrogen-bond acceptors (Lipinski definition) is 4. The second-order valence-corrected chi connectivity index (χ2v) is 6.06. The van der Waals surface area contributed by atoms with Crippen LogP contribution in [-0.4, -0.2) is 11.6 Å². The fourth-order valence-electron chi connectivity index (χ4n) is 2.25. The summed E-state index contributed by atoms with van der Waals surface area (Å²) < 4.78 is 43.7. The number of anilines is 2. The number of hydrogen-bond donors (Lipinski definition) is 1. The molecule has 8 heteroatoms. The third-order valence-corrected chi connectivity index (χ3v) is 4.16. The lowest BCUT2D eigenvalue weighted by Gasteiger charge is -2.09. The van der Waals surface area contributed by atoms with Crippen LogP contribution < -0.4 is 27.0 Å². The van der Waals surface area contributed by atoms with Gasteiger partial charge in [-0.05, 0) is 49.4 Å². The zero-order chi connectivity index (χ0) is 17.9. The second-order valence-electron chi connectivity index (χ2n) is 5.20. The number of benzene rings is 2. The molecule has 0 fully saturated rings. The van der Waals surface area contributed by atoms with E-state index in [1.165, 1.54) is 17.4 Å². The molecule has 0 saturated carbocycles. The lowest BCUT2D eigenvalue weighted by Crippen LogP contribution is -3.00. The molecule has 1 N–H and O–H groups in total. The van der Waals surface area contributed by atoms with Crippen molar-refractivity contribution in [3.8, 4) is 17.0 Å². The monoisotopic (exact) mass is 443 g/mol. The zero-order valence-electron chi connectivity index (χ0n) is 13.7. The molecule has 0 aliphatic heterocycles. The van der Waals surface area contributed by atoms with Crippen molar-refractivity contribution in [2.45, 2.75) is 13.1 Å². The molecular weight excluding hydrogens is 429 g/mol. The van der Waals surface area contributed by atoms with Gasteiger partial charge in [0.2, 0.25) is 0 Å². The predicted molar refractivity (Wildman–Crippen MR) is 93.4 cm³/mol. The van der Waals surface area contributed by atoms with Crippen LogP contribution in [0.3, 0.4) is 0 Å². The van der Waals surface area contributed by atoms with Gasteiger partial charge in [0, 0.05) is 16.6 Å². The Balaban J connectivity index is 0.00000243. The van der Waals surface area contributed by atoms with Gasteiger partial charge in [0.1, 0.15) is 5.75 Å². The summed E-state index contributed by atoms with van der Waals surface area (Å²) >= 11 is 1.33. The average Bonchev–Trinajstić information content (AvgIpc) is 3.04. The molecule has 3 aromatic rings. The van der Waals surface area contributed by atoms with Gasteiger partial charge in [0.15, 0.2) is 5.13 Å². The highest BCUT2D eigenvalue weighted by molar-refractivity contribution is 7.14. The van der Waals surface area contributed by atoms with Crippen LogP contribution >= 0.6 is 11.3 Å². The van der Waals surface area contributed by atoms with E-state index in [0.29, 0.717) is 17.4 Å². The van der Waals surface area contributed by atoms with E-state index in [0.717, 1.165) is 29.1 Å². The summed E-state index contributed by atoms with van der Waals surface area (Å²) in [5, 5.41) is 5.30. The summed E-state index contributed by atoms with van der Waals surface area (Å²) in [6.45, 7) is 2.52. The third-order valence-electron chi connectivity index (χ3n) is 3.41. The van der Waals surface area contributed by atoms with Crippen molar-refractivity contribution in [2.75, 3.05) is 11.9 Å². The molecule has 1 aromatic heterocycles. The number of nitrogens with one attached hydrogen (secondary N) is 1. The molecule has 0 aliphatic carbocycles. The topological polar surface area (TPSA) is 34.1 Å². The number of thiazole rings is 1. The summed E-state index contributed by atoms with van der Waals surface area (Å²) in [7, 11) is 0. The van der Waals surface area contributed by atoms with Crippen molar-refractivity contribution >= 4 is 22.2 Å². The lowest BCUT2D eigenvalue weighted by atomic mass is 10.2. The van der Waals surface area contributed by atoms with Crippen LogP contribution in [0.25, 0.3) is 11.3 Å². The minimum atomic E-state index is -4.37. The van der Waals surface area contributed by atoms with Gasteiger partial charge in [-0.1, -0.05) is 6.07 Å². The van der Waals surface area contributed by atoms with Gasteiger partial charge in [-0.3, -0.25) is 0 Å². The van der Waals surface area contributed by atoms with Gasteiger partial charge in [-0.15, -0.1) is 11.3 Å². The molecule has 0 spiro atoms. The normalized spacial score (nSPS) is 10.9. The smallest absolute Gasteiger partial charge is 0.416 e. The standard InChI is InChI=1S/C18H15F3N2OS.BrH/c1-2-24-15-8-6-12(7-9-15)16-11-25-17(23-16)22-14-5-3-4-13(10-14)18(19,20)21;/h3-11H,2H2,1H3,(H,22,23);1H/p-1. The SMILES string of the molecule is CCOc1ccc(-c2csc(Nc3cccc(C(F)(F)F)c3)n2)cc1.[Br-]. The molecule has 0 aliphatic rings. The summed E-state index contributed by atoms with van der Waals surface area (Å²) in [5.74, 6) is 0.781. The molecule has 2 aromatic carbocycles. The van der Waals surface area contributed by atoms with Gasteiger partial charge in [0.05, 0.1) is 17.9 Å². The van der Waals surface area contributed by atoms with E-state index in [9.17, 15) is 13.2 Å². The number of rotatable bonds is 5. The Morgan fingerprint density at radius 1 is 1.12 bits per heavy atom. The van der Waals surface area contributed by atoms with E-state index in [1.54, 1.807) is 6.07 Å². The van der Waals surface area contributed by atoms with Crippen LogP contribution in [0.4, 0.5) is 24.0 Å². The van der Waals surface area contributed by atoms with Gasteiger partial charge in [0.25, 0.3) is 0 Å². The minimum Gasteiger partial charge on any atom is -1.00 e. The Hall–Kier alpha value is -2.06. The maximum atomic E-state index is 12.8. The first kappa shape index (κ1) is 20.3. The first-order valence-corrected chi connectivity index (χ1v) is 8.46. The van der Waals surface area contributed by atoms with Crippen molar-refractivity contribution in [3.05, 3.63) is 59.5 Å². The van der Waals surface area contributed by atoms with E-state index in [2.05, 4.69) is 10.3 Å². The molecule has 3 nitrogen and oxygen atoms in total. The van der Waals surface area contributed by atoms with Crippen molar-refractivity contribution in [1.82, 2.24) is 4.98 Å². The lowest BCUT2D eigenvalue weighted by molar-refractivity contribution is -0.137. The Morgan fingerprint density at radius 3 is 2.50 bits per heavy atom. The van der Waals surface area contributed by atoms with Crippen LogP contribution in [0.15, 0.2) is 53.9 Å². The molecule has 0 saturated heterocycles. The molecule has 3 rings (SSSR count). The highest BCUT2D eigenvalue weighted by Crippen LogP contribution is 2.32. The Morgan fingerprint density at radius 2 is 1.85 bits per heavy atom. The highest BCUT2D eigenvalue weighted by atomic mass is 79.9. The fraction of sp³-hybridized carbons (Fsp3) is 0.167. The molecule has 0 atom stereocenters. The molecule has 0 bridgehead atoms. The Bertz CT molecular complexity index is 850. The molecule has 26 heavy (non-hydrogen) atoms. The van der Waals surface area contributed by atoms with Gasteiger partial charge < -0.3 is 27.0 Å². The number of halogens is 4. The predicted octanol–water partition coefficient (Wildman–Crippen LogP) is 2.98. The van der Waals surface area contributed by atoms with E-state index in [1.807, 2.05) is 36.6 Å². The molecule has 1 heterocycles. The second kappa shape index (κ2) is 8.55. The quantitative estimate of drug-likeness (QED) is 0.658. The van der Waals surface area contributed by atoms with Crippen molar-refractivity contribution in [1.29, 1.82) is 0 Å². The molecule has 138 valence electrons. The van der Waals surface area contributed by atoms with Crippen LogP contribution in [-0.2, 0) is 6.18 Å². The van der Waals surface area contributed by atoms with E-state index in [4.69, 9.17) is 4.74 Å². The highest BCUT2D eigenvalue weighted by Gasteiger charge is 2.30. The van der Waals surface area contributed by atoms with E-state index >= 15 is 0 Å². The molecule has 0 radical (unpaired) electrons. The fourth-order valence-corrected chi connectivity index (χ4v) is 2.99.